The zero-order valence-corrected chi connectivity index (χ0v) is 14.1. The third-order valence-electron chi connectivity index (χ3n) is 4.11. The van der Waals surface area contributed by atoms with Crippen LogP contribution in [0.25, 0.3) is 0 Å². The van der Waals surface area contributed by atoms with Crippen LogP contribution in [0.2, 0.25) is 0 Å². The molecule has 1 heterocycles. The van der Waals surface area contributed by atoms with Gasteiger partial charge in [-0.3, -0.25) is 4.90 Å². The summed E-state index contributed by atoms with van der Waals surface area (Å²) in [6.45, 7) is 6.61. The molecule has 1 aliphatic rings. The lowest BCUT2D eigenvalue weighted by atomic mass is 9.96. The van der Waals surface area contributed by atoms with Crippen LogP contribution in [-0.2, 0) is 0 Å². The number of halogens is 1. The lowest BCUT2D eigenvalue weighted by molar-refractivity contribution is 0.212. The van der Waals surface area contributed by atoms with Gasteiger partial charge < -0.3 is 4.74 Å². The Balaban J connectivity index is 1.69. The molecule has 1 aromatic carbocycles. The average molecular weight is 340 g/mol. The van der Waals surface area contributed by atoms with Gasteiger partial charge in [0.15, 0.2) is 0 Å². The summed E-state index contributed by atoms with van der Waals surface area (Å²) in [5.74, 6) is 1.91. The van der Waals surface area contributed by atoms with E-state index in [1.165, 1.54) is 45.2 Å². The summed E-state index contributed by atoms with van der Waals surface area (Å²) in [5.41, 5.74) is 0. The van der Waals surface area contributed by atoms with Crippen molar-refractivity contribution >= 4 is 15.9 Å². The third-order valence-corrected chi connectivity index (χ3v) is 4.60. The Kier molecular flexibility index (Phi) is 6.88. The fourth-order valence-electron chi connectivity index (χ4n) is 2.99. The van der Waals surface area contributed by atoms with E-state index in [0.29, 0.717) is 0 Å². The Labute approximate surface area is 131 Å². The molecule has 2 rings (SSSR count). The fourth-order valence-corrected chi connectivity index (χ4v) is 3.37. The van der Waals surface area contributed by atoms with Crippen LogP contribution in [0.4, 0.5) is 0 Å². The molecule has 20 heavy (non-hydrogen) atoms. The largest absolute Gasteiger partial charge is 0.492 e. The zero-order chi connectivity index (χ0) is 14.2. The van der Waals surface area contributed by atoms with Gasteiger partial charge in [0.25, 0.3) is 0 Å². The van der Waals surface area contributed by atoms with Gasteiger partial charge in [-0.1, -0.05) is 41.8 Å². The van der Waals surface area contributed by atoms with E-state index in [1.807, 2.05) is 24.3 Å². The van der Waals surface area contributed by atoms with Gasteiger partial charge in [0, 0.05) is 11.0 Å². The summed E-state index contributed by atoms with van der Waals surface area (Å²) < 4.78 is 6.91. The first kappa shape index (κ1) is 15.8. The summed E-state index contributed by atoms with van der Waals surface area (Å²) in [5, 5.41) is 0. The van der Waals surface area contributed by atoms with Crippen molar-refractivity contribution in [3.8, 4) is 5.75 Å². The first-order chi connectivity index (χ1) is 9.78. The van der Waals surface area contributed by atoms with Gasteiger partial charge in [0.2, 0.25) is 0 Å². The highest BCUT2D eigenvalue weighted by atomic mass is 79.9. The van der Waals surface area contributed by atoms with Crippen LogP contribution in [0.15, 0.2) is 28.7 Å². The molecule has 0 aromatic heterocycles. The highest BCUT2D eigenvalue weighted by molar-refractivity contribution is 9.10. The number of nitrogens with zero attached hydrogens (tertiary/aromatic N) is 1. The number of rotatable bonds is 6. The zero-order valence-electron chi connectivity index (χ0n) is 12.5. The summed E-state index contributed by atoms with van der Waals surface area (Å²) in [4.78, 5) is 2.56. The molecular weight excluding hydrogens is 314 g/mol. The van der Waals surface area contributed by atoms with Gasteiger partial charge in [-0.2, -0.15) is 0 Å². The molecule has 0 spiro atoms. The SMILES string of the molecule is CCCC1CCCN(CCOc2cccc(Br)c2)CC1. The standard InChI is InChI=1S/C17H26BrNO/c1-2-5-15-6-4-10-19(11-9-15)12-13-20-17-8-3-7-16(18)14-17/h3,7-8,14-15H,2,4-6,9-13H2,1H3. The third kappa shape index (κ3) is 5.45. The van der Waals surface area contributed by atoms with Gasteiger partial charge in [-0.15, -0.1) is 0 Å². The van der Waals surface area contributed by atoms with E-state index in [1.54, 1.807) is 0 Å². The van der Waals surface area contributed by atoms with Crippen LogP contribution in [-0.4, -0.2) is 31.1 Å². The summed E-state index contributed by atoms with van der Waals surface area (Å²) in [6, 6.07) is 8.08. The molecular formula is C17H26BrNO. The molecule has 1 fully saturated rings. The Morgan fingerprint density at radius 1 is 1.30 bits per heavy atom. The molecule has 0 radical (unpaired) electrons. The Morgan fingerprint density at radius 3 is 3.00 bits per heavy atom. The monoisotopic (exact) mass is 339 g/mol. The van der Waals surface area contributed by atoms with E-state index < -0.39 is 0 Å². The van der Waals surface area contributed by atoms with E-state index in [-0.39, 0.29) is 0 Å². The molecule has 1 aliphatic heterocycles. The average Bonchev–Trinajstić information content (AvgIpc) is 2.65. The van der Waals surface area contributed by atoms with Gasteiger partial charge in [-0.05, 0) is 56.5 Å². The maximum atomic E-state index is 5.83. The van der Waals surface area contributed by atoms with Crippen molar-refractivity contribution in [1.82, 2.24) is 4.90 Å². The van der Waals surface area contributed by atoms with Crippen LogP contribution in [0.1, 0.15) is 39.0 Å². The maximum absolute atomic E-state index is 5.83. The Morgan fingerprint density at radius 2 is 2.20 bits per heavy atom. The first-order valence-electron chi connectivity index (χ1n) is 7.88. The fraction of sp³-hybridized carbons (Fsp3) is 0.647. The van der Waals surface area contributed by atoms with E-state index in [4.69, 9.17) is 4.74 Å². The second-order valence-corrected chi connectivity index (χ2v) is 6.65. The lowest BCUT2D eigenvalue weighted by Gasteiger charge is -2.20. The van der Waals surface area contributed by atoms with Crippen LogP contribution in [0, 0.1) is 5.92 Å². The topological polar surface area (TPSA) is 12.5 Å². The van der Waals surface area contributed by atoms with E-state index in [9.17, 15) is 0 Å². The minimum atomic E-state index is 0.787. The number of hydrogen-bond acceptors (Lipinski definition) is 2. The van der Waals surface area contributed by atoms with Crippen molar-refractivity contribution in [2.45, 2.75) is 39.0 Å². The molecule has 1 unspecified atom stereocenters. The number of ether oxygens (including phenoxy) is 1. The Hall–Kier alpha value is -0.540. The maximum Gasteiger partial charge on any atom is 0.120 e. The molecule has 0 bridgehead atoms. The number of benzene rings is 1. The van der Waals surface area contributed by atoms with Crippen LogP contribution < -0.4 is 4.74 Å². The smallest absolute Gasteiger partial charge is 0.120 e. The van der Waals surface area contributed by atoms with Crippen molar-refractivity contribution in [2.24, 2.45) is 5.92 Å². The van der Waals surface area contributed by atoms with Gasteiger partial charge >= 0.3 is 0 Å². The molecule has 3 heteroatoms. The highest BCUT2D eigenvalue weighted by Crippen LogP contribution is 2.22. The highest BCUT2D eigenvalue weighted by Gasteiger charge is 2.16. The normalized spacial score (nSPS) is 20.6. The second-order valence-electron chi connectivity index (χ2n) is 5.73. The molecule has 0 amide bonds. The quantitative estimate of drug-likeness (QED) is 0.742. The number of hydrogen-bond donors (Lipinski definition) is 0. The molecule has 112 valence electrons. The molecule has 0 N–H and O–H groups in total. The molecule has 2 nitrogen and oxygen atoms in total. The Bertz CT molecular complexity index is 396. The summed E-state index contributed by atoms with van der Waals surface area (Å²) in [7, 11) is 0. The second kappa shape index (κ2) is 8.68. The van der Waals surface area contributed by atoms with Gasteiger partial charge in [0.1, 0.15) is 12.4 Å². The summed E-state index contributed by atoms with van der Waals surface area (Å²) >= 11 is 3.47. The lowest BCUT2D eigenvalue weighted by Crippen LogP contribution is -2.29. The molecule has 1 aromatic rings. The van der Waals surface area contributed by atoms with E-state index >= 15 is 0 Å². The van der Waals surface area contributed by atoms with Crippen molar-refractivity contribution in [1.29, 1.82) is 0 Å². The minimum absolute atomic E-state index is 0.787. The first-order valence-corrected chi connectivity index (χ1v) is 8.68. The van der Waals surface area contributed by atoms with Crippen molar-refractivity contribution in [3.05, 3.63) is 28.7 Å². The van der Waals surface area contributed by atoms with Crippen molar-refractivity contribution in [3.63, 3.8) is 0 Å². The summed E-state index contributed by atoms with van der Waals surface area (Å²) in [6.07, 6.45) is 6.86. The van der Waals surface area contributed by atoms with Gasteiger partial charge in [0.05, 0.1) is 0 Å². The van der Waals surface area contributed by atoms with Crippen LogP contribution >= 0.6 is 15.9 Å². The van der Waals surface area contributed by atoms with Crippen molar-refractivity contribution < 1.29 is 4.74 Å². The molecule has 0 aliphatic carbocycles. The minimum Gasteiger partial charge on any atom is -0.492 e. The van der Waals surface area contributed by atoms with Gasteiger partial charge in [-0.25, -0.2) is 0 Å². The molecule has 1 atom stereocenters. The molecule has 0 saturated carbocycles. The van der Waals surface area contributed by atoms with Crippen LogP contribution in [0.5, 0.6) is 5.75 Å². The van der Waals surface area contributed by atoms with Crippen molar-refractivity contribution in [2.75, 3.05) is 26.2 Å². The van der Waals surface area contributed by atoms with E-state index in [0.717, 1.165) is 29.3 Å². The van der Waals surface area contributed by atoms with E-state index in [2.05, 4.69) is 27.8 Å². The number of likely N-dealkylation sites (tertiary alicyclic amines) is 1. The predicted octanol–water partition coefficient (Wildman–Crippen LogP) is 4.73. The molecule has 1 saturated heterocycles. The predicted molar refractivity (Wildman–Crippen MR) is 88.3 cm³/mol. The van der Waals surface area contributed by atoms with Crippen LogP contribution in [0.3, 0.4) is 0 Å².